The lowest BCUT2D eigenvalue weighted by atomic mass is 10.3. The van der Waals surface area contributed by atoms with Crippen molar-refractivity contribution >= 4 is 0 Å². The second-order valence-electron chi connectivity index (χ2n) is 5.44. The number of rotatable bonds is 7. The van der Waals surface area contributed by atoms with E-state index in [0.29, 0.717) is 6.61 Å². The molecule has 3 rings (SSSR count). The van der Waals surface area contributed by atoms with Crippen LogP contribution in [0.1, 0.15) is 18.5 Å². The van der Waals surface area contributed by atoms with Crippen LogP contribution in [-0.2, 0) is 11.3 Å². The Bertz CT molecular complexity index is 400. The molecule has 0 spiro atoms. The van der Waals surface area contributed by atoms with Crippen LogP contribution >= 0.6 is 0 Å². The lowest BCUT2D eigenvalue weighted by Crippen LogP contribution is -2.38. The molecule has 0 unspecified atom stereocenters. The van der Waals surface area contributed by atoms with Gasteiger partial charge in [0.2, 0.25) is 0 Å². The molecule has 20 heavy (non-hydrogen) atoms. The molecule has 1 saturated heterocycles. The van der Waals surface area contributed by atoms with Crippen molar-refractivity contribution in [3.63, 3.8) is 0 Å². The maximum atomic E-state index is 5.74. The van der Waals surface area contributed by atoms with Crippen molar-refractivity contribution in [2.24, 2.45) is 0 Å². The van der Waals surface area contributed by atoms with Crippen LogP contribution in [0.4, 0.5) is 0 Å². The normalized spacial score (nSPS) is 20.0. The van der Waals surface area contributed by atoms with Crippen LogP contribution in [-0.4, -0.2) is 55.4 Å². The first kappa shape index (κ1) is 13.8. The summed E-state index contributed by atoms with van der Waals surface area (Å²) in [5, 5.41) is 3.46. The van der Waals surface area contributed by atoms with Crippen LogP contribution in [0.15, 0.2) is 18.3 Å². The minimum Gasteiger partial charge on any atom is -0.491 e. The molecular weight excluding hydrogens is 254 g/mol. The lowest BCUT2D eigenvalue weighted by molar-refractivity contribution is 0.0322. The van der Waals surface area contributed by atoms with Crippen molar-refractivity contribution in [1.29, 1.82) is 0 Å². The first-order valence-corrected chi connectivity index (χ1v) is 7.51. The molecule has 1 aliphatic heterocycles. The first-order chi connectivity index (χ1) is 9.90. The topological polar surface area (TPSA) is 46.6 Å². The molecule has 0 aromatic carbocycles. The summed E-state index contributed by atoms with van der Waals surface area (Å²) >= 11 is 0. The predicted octanol–water partition coefficient (Wildman–Crippen LogP) is 1.04. The predicted molar refractivity (Wildman–Crippen MR) is 76.9 cm³/mol. The zero-order valence-electron chi connectivity index (χ0n) is 11.9. The minimum atomic E-state index is 0.710. The SMILES string of the molecule is c1cc(CNC2CC2)ncc1OCCN1CCOCC1. The van der Waals surface area contributed by atoms with E-state index in [-0.39, 0.29) is 0 Å². The molecule has 0 radical (unpaired) electrons. The van der Waals surface area contributed by atoms with E-state index >= 15 is 0 Å². The third kappa shape index (κ3) is 4.44. The standard InChI is InChI=1S/C15H23N3O2/c1-2-13(1)16-11-14-3-4-15(12-17-14)20-10-7-18-5-8-19-9-6-18/h3-4,12-13,16H,1-2,5-11H2. The first-order valence-electron chi connectivity index (χ1n) is 7.51. The minimum absolute atomic E-state index is 0.710. The van der Waals surface area contributed by atoms with Gasteiger partial charge in [-0.25, -0.2) is 0 Å². The van der Waals surface area contributed by atoms with Gasteiger partial charge in [0, 0.05) is 32.2 Å². The van der Waals surface area contributed by atoms with Gasteiger partial charge in [0.1, 0.15) is 12.4 Å². The summed E-state index contributed by atoms with van der Waals surface area (Å²) in [7, 11) is 0. The van der Waals surface area contributed by atoms with Crippen molar-refractivity contribution in [1.82, 2.24) is 15.2 Å². The molecule has 1 aromatic heterocycles. The molecule has 5 nitrogen and oxygen atoms in total. The number of nitrogens with one attached hydrogen (secondary N) is 1. The number of pyridine rings is 1. The van der Waals surface area contributed by atoms with Crippen LogP contribution in [0.5, 0.6) is 5.75 Å². The number of hydrogen-bond donors (Lipinski definition) is 1. The summed E-state index contributed by atoms with van der Waals surface area (Å²) in [6.07, 6.45) is 4.44. The third-order valence-electron chi connectivity index (χ3n) is 3.73. The number of nitrogens with zero attached hydrogens (tertiary/aromatic N) is 2. The molecule has 2 aliphatic rings. The summed E-state index contributed by atoms with van der Waals surface area (Å²) in [5.74, 6) is 0.855. The van der Waals surface area contributed by atoms with E-state index in [2.05, 4.69) is 15.2 Å². The smallest absolute Gasteiger partial charge is 0.137 e. The molecule has 0 atom stereocenters. The molecule has 2 heterocycles. The van der Waals surface area contributed by atoms with E-state index in [4.69, 9.17) is 9.47 Å². The molecule has 0 amide bonds. The van der Waals surface area contributed by atoms with Gasteiger partial charge >= 0.3 is 0 Å². The van der Waals surface area contributed by atoms with Gasteiger partial charge in [-0.2, -0.15) is 0 Å². The largest absolute Gasteiger partial charge is 0.491 e. The summed E-state index contributed by atoms with van der Waals surface area (Å²) in [6.45, 7) is 6.21. The molecule has 1 saturated carbocycles. The molecule has 5 heteroatoms. The van der Waals surface area contributed by atoms with E-state index in [1.165, 1.54) is 12.8 Å². The molecule has 2 fully saturated rings. The van der Waals surface area contributed by atoms with Gasteiger partial charge in [-0.15, -0.1) is 0 Å². The second kappa shape index (κ2) is 7.02. The van der Waals surface area contributed by atoms with E-state index in [1.54, 1.807) is 0 Å². The van der Waals surface area contributed by atoms with Crippen molar-refractivity contribution in [3.8, 4) is 5.75 Å². The number of aromatic nitrogens is 1. The fourth-order valence-corrected chi connectivity index (χ4v) is 2.25. The Morgan fingerprint density at radius 1 is 1.30 bits per heavy atom. The fraction of sp³-hybridized carbons (Fsp3) is 0.667. The summed E-state index contributed by atoms with van der Waals surface area (Å²) in [4.78, 5) is 6.79. The highest BCUT2D eigenvalue weighted by Crippen LogP contribution is 2.19. The lowest BCUT2D eigenvalue weighted by Gasteiger charge is -2.26. The number of hydrogen-bond acceptors (Lipinski definition) is 5. The monoisotopic (exact) mass is 277 g/mol. The van der Waals surface area contributed by atoms with Crippen molar-refractivity contribution in [3.05, 3.63) is 24.0 Å². The van der Waals surface area contributed by atoms with Gasteiger partial charge < -0.3 is 14.8 Å². The van der Waals surface area contributed by atoms with Crippen LogP contribution in [0.3, 0.4) is 0 Å². The van der Waals surface area contributed by atoms with Gasteiger partial charge in [-0.05, 0) is 25.0 Å². The summed E-state index contributed by atoms with van der Waals surface area (Å²) < 4.78 is 11.1. The molecule has 1 aliphatic carbocycles. The number of ether oxygens (including phenoxy) is 2. The maximum Gasteiger partial charge on any atom is 0.137 e. The Labute approximate surface area is 120 Å². The van der Waals surface area contributed by atoms with Crippen molar-refractivity contribution < 1.29 is 9.47 Å². The summed E-state index contributed by atoms with van der Waals surface area (Å²) in [6, 6.07) is 4.77. The van der Waals surface area contributed by atoms with Gasteiger partial charge in [-0.1, -0.05) is 0 Å². The average molecular weight is 277 g/mol. The van der Waals surface area contributed by atoms with E-state index in [0.717, 1.165) is 56.9 Å². The third-order valence-corrected chi connectivity index (χ3v) is 3.73. The molecule has 1 N–H and O–H groups in total. The van der Waals surface area contributed by atoms with Crippen LogP contribution in [0.2, 0.25) is 0 Å². The van der Waals surface area contributed by atoms with E-state index in [9.17, 15) is 0 Å². The van der Waals surface area contributed by atoms with Crippen molar-refractivity contribution in [2.45, 2.75) is 25.4 Å². The zero-order chi connectivity index (χ0) is 13.6. The Morgan fingerprint density at radius 3 is 2.85 bits per heavy atom. The Hall–Kier alpha value is -1.17. The van der Waals surface area contributed by atoms with Gasteiger partial charge in [0.05, 0.1) is 25.1 Å². The summed E-state index contributed by atoms with van der Waals surface area (Å²) in [5.41, 5.74) is 1.08. The van der Waals surface area contributed by atoms with Crippen LogP contribution < -0.4 is 10.1 Å². The zero-order valence-corrected chi connectivity index (χ0v) is 11.9. The molecule has 1 aromatic rings. The fourth-order valence-electron chi connectivity index (χ4n) is 2.25. The van der Waals surface area contributed by atoms with Gasteiger partial charge in [0.25, 0.3) is 0 Å². The van der Waals surface area contributed by atoms with E-state index in [1.807, 2.05) is 18.3 Å². The highest BCUT2D eigenvalue weighted by Gasteiger charge is 2.20. The maximum absolute atomic E-state index is 5.74. The number of morpholine rings is 1. The highest BCUT2D eigenvalue weighted by atomic mass is 16.5. The van der Waals surface area contributed by atoms with Gasteiger partial charge in [-0.3, -0.25) is 9.88 Å². The molecule has 0 bridgehead atoms. The van der Waals surface area contributed by atoms with Crippen LogP contribution in [0, 0.1) is 0 Å². The van der Waals surface area contributed by atoms with Crippen LogP contribution in [0.25, 0.3) is 0 Å². The van der Waals surface area contributed by atoms with E-state index < -0.39 is 0 Å². The van der Waals surface area contributed by atoms with Gasteiger partial charge in [0.15, 0.2) is 0 Å². The molecule has 110 valence electrons. The second-order valence-corrected chi connectivity index (χ2v) is 5.44. The average Bonchev–Trinajstić information content (AvgIpc) is 3.32. The highest BCUT2D eigenvalue weighted by molar-refractivity contribution is 5.19. The Kier molecular flexibility index (Phi) is 4.84. The molecular formula is C15H23N3O2. The Balaban J connectivity index is 1.36. The quantitative estimate of drug-likeness (QED) is 0.807. The Morgan fingerprint density at radius 2 is 2.15 bits per heavy atom. The van der Waals surface area contributed by atoms with Crippen molar-refractivity contribution in [2.75, 3.05) is 39.5 Å².